The summed E-state index contributed by atoms with van der Waals surface area (Å²) in [6, 6.07) is 13.2. The first-order chi connectivity index (χ1) is 13.4. The second kappa shape index (κ2) is 9.37. The van der Waals surface area contributed by atoms with Crippen molar-refractivity contribution in [2.75, 3.05) is 38.7 Å². The summed E-state index contributed by atoms with van der Waals surface area (Å²) in [5.41, 5.74) is 2.10. The third-order valence-electron chi connectivity index (χ3n) is 4.30. The van der Waals surface area contributed by atoms with Crippen molar-refractivity contribution >= 4 is 44.2 Å². The first-order valence-electron chi connectivity index (χ1n) is 9.27. The summed E-state index contributed by atoms with van der Waals surface area (Å²) >= 11 is 7.44. The standard InChI is InChI=1S/C21H24ClN3O2S/c1-15-5-10-18-19(13-15)28-21(23-18)25(12-4-11-24(2)3)20(26)14-27-17-8-6-16(22)7-9-17/h5-10,13H,4,11-12,14H2,1-3H3/p+1. The molecule has 0 unspecified atom stereocenters. The number of carbonyl (C=O) groups is 1. The van der Waals surface area contributed by atoms with Crippen LogP contribution in [0.15, 0.2) is 42.5 Å². The molecule has 5 nitrogen and oxygen atoms in total. The van der Waals surface area contributed by atoms with Crippen LogP contribution >= 0.6 is 22.9 Å². The summed E-state index contributed by atoms with van der Waals surface area (Å²) in [6.07, 6.45) is 0.893. The van der Waals surface area contributed by atoms with Crippen molar-refractivity contribution in [2.45, 2.75) is 13.3 Å². The monoisotopic (exact) mass is 418 g/mol. The Kier molecular flexibility index (Phi) is 6.88. The van der Waals surface area contributed by atoms with E-state index in [9.17, 15) is 4.79 Å². The van der Waals surface area contributed by atoms with E-state index in [1.165, 1.54) is 10.5 Å². The van der Waals surface area contributed by atoms with E-state index in [1.54, 1.807) is 40.5 Å². The number of amides is 1. The zero-order chi connectivity index (χ0) is 20.1. The summed E-state index contributed by atoms with van der Waals surface area (Å²) in [5.74, 6) is 0.523. The number of aromatic nitrogens is 1. The Labute approximate surface area is 174 Å². The van der Waals surface area contributed by atoms with Crippen LogP contribution in [0, 0.1) is 6.92 Å². The molecule has 0 aliphatic heterocycles. The minimum Gasteiger partial charge on any atom is -0.484 e. The second-order valence-electron chi connectivity index (χ2n) is 7.07. The van der Waals surface area contributed by atoms with Crippen LogP contribution in [0.3, 0.4) is 0 Å². The molecular weight excluding hydrogens is 394 g/mol. The summed E-state index contributed by atoms with van der Waals surface area (Å²) in [6.45, 7) is 3.62. The van der Waals surface area contributed by atoms with Gasteiger partial charge in [0.25, 0.3) is 5.91 Å². The summed E-state index contributed by atoms with van der Waals surface area (Å²) < 4.78 is 6.76. The Morgan fingerprint density at radius 2 is 1.96 bits per heavy atom. The maximum Gasteiger partial charge on any atom is 0.266 e. The van der Waals surface area contributed by atoms with Gasteiger partial charge >= 0.3 is 0 Å². The van der Waals surface area contributed by atoms with Crippen LogP contribution in [0.4, 0.5) is 5.13 Å². The second-order valence-corrected chi connectivity index (χ2v) is 8.51. The molecule has 3 aromatic rings. The van der Waals surface area contributed by atoms with Gasteiger partial charge in [-0.3, -0.25) is 9.69 Å². The molecule has 0 bridgehead atoms. The van der Waals surface area contributed by atoms with Gasteiger partial charge in [0.2, 0.25) is 0 Å². The zero-order valence-corrected chi connectivity index (χ0v) is 17.9. The topological polar surface area (TPSA) is 46.9 Å². The van der Waals surface area contributed by atoms with Crippen LogP contribution < -0.4 is 14.5 Å². The third kappa shape index (κ3) is 5.44. The Morgan fingerprint density at radius 1 is 1.21 bits per heavy atom. The number of aryl methyl sites for hydroxylation is 1. The molecule has 7 heteroatoms. The van der Waals surface area contributed by atoms with E-state index in [-0.39, 0.29) is 12.5 Å². The highest BCUT2D eigenvalue weighted by Crippen LogP contribution is 2.30. The normalized spacial score (nSPS) is 11.2. The van der Waals surface area contributed by atoms with Gasteiger partial charge in [0.1, 0.15) is 5.75 Å². The lowest BCUT2D eigenvalue weighted by atomic mass is 10.2. The maximum absolute atomic E-state index is 12.9. The molecule has 1 N–H and O–H groups in total. The first-order valence-corrected chi connectivity index (χ1v) is 10.5. The lowest BCUT2D eigenvalue weighted by Gasteiger charge is -2.20. The summed E-state index contributed by atoms with van der Waals surface area (Å²) in [4.78, 5) is 20.7. The lowest BCUT2D eigenvalue weighted by molar-refractivity contribution is -0.858. The van der Waals surface area contributed by atoms with Crippen molar-refractivity contribution in [1.82, 2.24) is 4.98 Å². The number of quaternary nitrogens is 1. The number of anilines is 1. The number of halogens is 1. The van der Waals surface area contributed by atoms with Gasteiger partial charge < -0.3 is 9.64 Å². The molecule has 3 rings (SSSR count). The number of rotatable bonds is 8. The Hall–Kier alpha value is -2.15. The molecule has 0 spiro atoms. The van der Waals surface area contributed by atoms with Crippen molar-refractivity contribution in [2.24, 2.45) is 0 Å². The highest BCUT2D eigenvalue weighted by atomic mass is 35.5. The smallest absolute Gasteiger partial charge is 0.266 e. The maximum atomic E-state index is 12.9. The molecule has 0 aliphatic rings. The molecular formula is C21H25ClN3O2S+. The lowest BCUT2D eigenvalue weighted by Crippen LogP contribution is -3.05. The number of nitrogens with one attached hydrogen (secondary N) is 1. The summed E-state index contributed by atoms with van der Waals surface area (Å²) in [7, 11) is 4.21. The van der Waals surface area contributed by atoms with Gasteiger partial charge in [-0.2, -0.15) is 0 Å². The molecule has 1 aromatic heterocycles. The number of ether oxygens (including phenoxy) is 1. The van der Waals surface area contributed by atoms with E-state index >= 15 is 0 Å². The Bertz CT molecular complexity index is 940. The molecule has 1 heterocycles. The number of carbonyl (C=O) groups excluding carboxylic acids is 1. The molecule has 1 amide bonds. The average molecular weight is 419 g/mol. The number of fused-ring (bicyclic) bond motifs is 1. The molecule has 0 saturated heterocycles. The van der Waals surface area contributed by atoms with Crippen molar-refractivity contribution in [1.29, 1.82) is 0 Å². The number of hydrogen-bond donors (Lipinski definition) is 1. The van der Waals surface area contributed by atoms with E-state index in [2.05, 4.69) is 32.1 Å². The van der Waals surface area contributed by atoms with E-state index in [0.29, 0.717) is 17.3 Å². The van der Waals surface area contributed by atoms with E-state index < -0.39 is 0 Å². The van der Waals surface area contributed by atoms with Crippen LogP contribution in [-0.2, 0) is 4.79 Å². The van der Waals surface area contributed by atoms with Crippen molar-refractivity contribution < 1.29 is 14.4 Å². The van der Waals surface area contributed by atoms with Crippen molar-refractivity contribution in [3.63, 3.8) is 0 Å². The van der Waals surface area contributed by atoms with Crippen LogP contribution in [0.1, 0.15) is 12.0 Å². The van der Waals surface area contributed by atoms with Crippen LogP contribution in [0.2, 0.25) is 5.02 Å². The number of benzene rings is 2. The van der Waals surface area contributed by atoms with Crippen LogP contribution in [0.5, 0.6) is 5.75 Å². The SMILES string of the molecule is Cc1ccc2nc(N(CCC[NH+](C)C)C(=O)COc3ccc(Cl)cc3)sc2c1. The van der Waals surface area contributed by atoms with Gasteiger partial charge in [0.05, 0.1) is 30.9 Å². The van der Waals surface area contributed by atoms with E-state index in [4.69, 9.17) is 16.3 Å². The Balaban J connectivity index is 1.76. The quantitative estimate of drug-likeness (QED) is 0.611. The van der Waals surface area contributed by atoms with Crippen molar-refractivity contribution in [3.05, 3.63) is 53.1 Å². The molecule has 0 radical (unpaired) electrons. The zero-order valence-electron chi connectivity index (χ0n) is 16.4. The van der Waals surface area contributed by atoms with E-state index in [1.807, 2.05) is 12.1 Å². The fourth-order valence-electron chi connectivity index (χ4n) is 2.81. The van der Waals surface area contributed by atoms with E-state index in [0.717, 1.165) is 28.3 Å². The molecule has 148 valence electrons. The van der Waals surface area contributed by atoms with Gasteiger partial charge in [0, 0.05) is 18.0 Å². The van der Waals surface area contributed by atoms with Crippen LogP contribution in [-0.4, -0.2) is 44.7 Å². The summed E-state index contributed by atoms with van der Waals surface area (Å²) in [5, 5.41) is 1.36. The minimum absolute atomic E-state index is 0.0363. The number of nitrogens with zero attached hydrogens (tertiary/aromatic N) is 2. The predicted octanol–water partition coefficient (Wildman–Crippen LogP) is 3.20. The molecule has 0 saturated carbocycles. The molecule has 0 fully saturated rings. The highest BCUT2D eigenvalue weighted by molar-refractivity contribution is 7.22. The Morgan fingerprint density at radius 3 is 2.68 bits per heavy atom. The van der Waals surface area contributed by atoms with Gasteiger partial charge in [-0.1, -0.05) is 29.0 Å². The van der Waals surface area contributed by atoms with Gasteiger partial charge in [0.15, 0.2) is 11.7 Å². The predicted molar refractivity (Wildman–Crippen MR) is 116 cm³/mol. The molecule has 28 heavy (non-hydrogen) atoms. The fraction of sp³-hybridized carbons (Fsp3) is 0.333. The molecule has 0 atom stereocenters. The fourth-order valence-corrected chi connectivity index (χ4v) is 4.04. The van der Waals surface area contributed by atoms with Gasteiger partial charge in [-0.25, -0.2) is 4.98 Å². The van der Waals surface area contributed by atoms with Gasteiger partial charge in [-0.05, 0) is 48.9 Å². The van der Waals surface area contributed by atoms with Gasteiger partial charge in [-0.15, -0.1) is 0 Å². The average Bonchev–Trinajstić information content (AvgIpc) is 3.07. The van der Waals surface area contributed by atoms with Crippen LogP contribution in [0.25, 0.3) is 10.2 Å². The van der Waals surface area contributed by atoms with Crippen molar-refractivity contribution in [3.8, 4) is 5.75 Å². The highest BCUT2D eigenvalue weighted by Gasteiger charge is 2.20. The largest absolute Gasteiger partial charge is 0.484 e. The number of hydrogen-bond acceptors (Lipinski definition) is 4. The molecule has 0 aliphatic carbocycles. The number of thiazole rings is 1. The minimum atomic E-state index is -0.0977. The first kappa shape index (κ1) is 20.6. The third-order valence-corrected chi connectivity index (χ3v) is 5.59. The molecule has 2 aromatic carbocycles.